The highest BCUT2D eigenvalue weighted by Gasteiger charge is 2.28. The second-order valence-corrected chi connectivity index (χ2v) is 4.84. The van der Waals surface area contributed by atoms with Crippen LogP contribution in [0.2, 0.25) is 0 Å². The summed E-state index contributed by atoms with van der Waals surface area (Å²) >= 11 is 0. The molecule has 0 unspecified atom stereocenters. The fourth-order valence-corrected chi connectivity index (χ4v) is 2.22. The summed E-state index contributed by atoms with van der Waals surface area (Å²) < 4.78 is 44.9. The first kappa shape index (κ1) is 15.0. The van der Waals surface area contributed by atoms with Crippen molar-refractivity contribution in [1.29, 1.82) is 0 Å². The van der Waals surface area contributed by atoms with Crippen LogP contribution in [0.4, 0.5) is 13.2 Å². The largest absolute Gasteiger partial charge is 0.411 e. The van der Waals surface area contributed by atoms with Gasteiger partial charge in [0.15, 0.2) is 5.82 Å². The van der Waals surface area contributed by atoms with Crippen molar-refractivity contribution in [2.75, 3.05) is 6.61 Å². The lowest BCUT2D eigenvalue weighted by Gasteiger charge is -2.05. The molecule has 0 amide bonds. The zero-order chi connectivity index (χ0) is 14.6. The molecule has 2 rings (SSSR count). The summed E-state index contributed by atoms with van der Waals surface area (Å²) in [6.07, 6.45) is -0.474. The SMILES string of the molecule is O=C(Cc1nc(COCC(F)(F)F)no1)C1CCCC1. The normalized spacial score (nSPS) is 16.8. The number of ether oxygens (including phenoxy) is 1. The van der Waals surface area contributed by atoms with Crippen molar-refractivity contribution >= 4 is 5.78 Å². The molecule has 0 aromatic carbocycles. The van der Waals surface area contributed by atoms with Crippen LogP contribution >= 0.6 is 0 Å². The molecule has 1 aliphatic rings. The lowest BCUT2D eigenvalue weighted by atomic mass is 10.0. The Hall–Kier alpha value is -1.44. The fourth-order valence-electron chi connectivity index (χ4n) is 2.22. The van der Waals surface area contributed by atoms with E-state index in [0.29, 0.717) is 0 Å². The molecule has 5 nitrogen and oxygen atoms in total. The Morgan fingerprint density at radius 1 is 1.35 bits per heavy atom. The zero-order valence-electron chi connectivity index (χ0n) is 10.8. The fraction of sp³-hybridized carbons (Fsp3) is 0.750. The number of carbonyl (C=O) groups excluding carboxylic acids is 1. The van der Waals surface area contributed by atoms with Gasteiger partial charge in [0.05, 0.1) is 6.42 Å². The molecule has 1 fully saturated rings. The Kier molecular flexibility index (Phi) is 4.74. The molecule has 1 aromatic heterocycles. The van der Waals surface area contributed by atoms with Gasteiger partial charge in [-0.25, -0.2) is 0 Å². The third-order valence-electron chi connectivity index (χ3n) is 3.14. The van der Waals surface area contributed by atoms with Crippen LogP contribution in [0.5, 0.6) is 0 Å². The summed E-state index contributed by atoms with van der Waals surface area (Å²) in [7, 11) is 0. The minimum Gasteiger partial charge on any atom is -0.364 e. The summed E-state index contributed by atoms with van der Waals surface area (Å²) in [6.45, 7) is -1.75. The Morgan fingerprint density at radius 2 is 2.05 bits per heavy atom. The van der Waals surface area contributed by atoms with Crippen LogP contribution in [-0.2, 0) is 22.6 Å². The Bertz CT molecular complexity index is 453. The zero-order valence-corrected chi connectivity index (χ0v) is 10.8. The molecular formula is C12H15F3N2O3. The molecule has 8 heteroatoms. The predicted molar refractivity (Wildman–Crippen MR) is 60.7 cm³/mol. The Labute approximate surface area is 113 Å². The van der Waals surface area contributed by atoms with Gasteiger partial charge in [-0.05, 0) is 12.8 Å². The highest BCUT2D eigenvalue weighted by atomic mass is 19.4. The molecule has 0 radical (unpaired) electrons. The number of carbonyl (C=O) groups is 1. The van der Waals surface area contributed by atoms with E-state index in [2.05, 4.69) is 14.9 Å². The topological polar surface area (TPSA) is 65.2 Å². The van der Waals surface area contributed by atoms with Crippen LogP contribution in [-0.4, -0.2) is 28.7 Å². The van der Waals surface area contributed by atoms with Crippen molar-refractivity contribution in [3.8, 4) is 0 Å². The number of hydrogen-bond donors (Lipinski definition) is 0. The number of aromatic nitrogens is 2. The first-order valence-electron chi connectivity index (χ1n) is 6.43. The third kappa shape index (κ3) is 4.59. The van der Waals surface area contributed by atoms with Crippen LogP contribution in [0.3, 0.4) is 0 Å². The number of Topliss-reactive ketones (excluding diaryl/α,β-unsaturated/α-hetero) is 1. The van der Waals surface area contributed by atoms with Crippen LogP contribution in [0.15, 0.2) is 4.52 Å². The maximum Gasteiger partial charge on any atom is 0.411 e. The first-order valence-corrected chi connectivity index (χ1v) is 6.43. The van der Waals surface area contributed by atoms with Crippen LogP contribution in [0.1, 0.15) is 37.4 Å². The average Bonchev–Trinajstić information content (AvgIpc) is 2.98. The molecule has 112 valence electrons. The van der Waals surface area contributed by atoms with Crippen LogP contribution in [0.25, 0.3) is 0 Å². The first-order chi connectivity index (χ1) is 9.44. The minimum absolute atomic E-state index is 0.0171. The molecule has 1 aliphatic carbocycles. The lowest BCUT2D eigenvalue weighted by Crippen LogP contribution is -2.17. The van der Waals surface area contributed by atoms with Gasteiger partial charge in [-0.1, -0.05) is 18.0 Å². The lowest BCUT2D eigenvalue weighted by molar-refractivity contribution is -0.177. The van der Waals surface area contributed by atoms with Gasteiger partial charge >= 0.3 is 6.18 Å². The van der Waals surface area contributed by atoms with Gasteiger partial charge in [0.25, 0.3) is 0 Å². The van der Waals surface area contributed by atoms with E-state index in [1.165, 1.54) is 0 Å². The van der Waals surface area contributed by atoms with Gasteiger partial charge in [0, 0.05) is 5.92 Å². The smallest absolute Gasteiger partial charge is 0.364 e. The highest BCUT2D eigenvalue weighted by molar-refractivity contribution is 5.82. The van der Waals surface area contributed by atoms with Crippen molar-refractivity contribution in [1.82, 2.24) is 10.1 Å². The molecule has 0 aliphatic heterocycles. The standard InChI is InChI=1S/C12H15F3N2O3/c13-12(14,15)7-19-6-10-16-11(20-17-10)5-9(18)8-3-1-2-4-8/h8H,1-7H2. The summed E-state index contributed by atoms with van der Waals surface area (Å²) in [4.78, 5) is 15.7. The van der Waals surface area contributed by atoms with Gasteiger partial charge in [0.2, 0.25) is 5.89 Å². The minimum atomic E-state index is -4.38. The summed E-state index contributed by atoms with van der Waals surface area (Å²) in [6, 6.07) is 0. The van der Waals surface area contributed by atoms with E-state index in [4.69, 9.17) is 4.52 Å². The van der Waals surface area contributed by atoms with Crippen LogP contribution in [0, 0.1) is 5.92 Å². The summed E-state index contributed by atoms with van der Waals surface area (Å²) in [5, 5.41) is 3.48. The number of alkyl halides is 3. The number of hydrogen-bond acceptors (Lipinski definition) is 5. The van der Waals surface area contributed by atoms with Crippen LogP contribution < -0.4 is 0 Å². The highest BCUT2D eigenvalue weighted by Crippen LogP contribution is 2.26. The summed E-state index contributed by atoms with van der Waals surface area (Å²) in [5.74, 6) is 0.247. The molecule has 0 atom stereocenters. The van der Waals surface area contributed by atoms with Crippen molar-refractivity contribution in [3.05, 3.63) is 11.7 Å². The van der Waals surface area contributed by atoms with Crippen molar-refractivity contribution in [3.63, 3.8) is 0 Å². The number of rotatable bonds is 6. The Morgan fingerprint density at radius 3 is 2.70 bits per heavy atom. The van der Waals surface area contributed by atoms with Gasteiger partial charge in [-0.15, -0.1) is 0 Å². The maximum atomic E-state index is 11.9. The molecule has 0 saturated heterocycles. The molecule has 1 heterocycles. The van der Waals surface area contributed by atoms with Crippen molar-refractivity contribution < 1.29 is 27.2 Å². The molecule has 0 bridgehead atoms. The van der Waals surface area contributed by atoms with Gasteiger partial charge in [-0.3, -0.25) is 4.79 Å². The predicted octanol–water partition coefficient (Wildman–Crippen LogP) is 2.45. The van der Waals surface area contributed by atoms with E-state index in [1.807, 2.05) is 0 Å². The molecular weight excluding hydrogens is 277 g/mol. The number of ketones is 1. The van der Waals surface area contributed by atoms with Gasteiger partial charge < -0.3 is 9.26 Å². The quantitative estimate of drug-likeness (QED) is 0.805. The van der Waals surface area contributed by atoms with Crippen molar-refractivity contribution in [2.24, 2.45) is 5.92 Å². The number of halogens is 3. The molecule has 1 aromatic rings. The van der Waals surface area contributed by atoms with E-state index in [9.17, 15) is 18.0 Å². The third-order valence-corrected chi connectivity index (χ3v) is 3.14. The molecule has 20 heavy (non-hydrogen) atoms. The van der Waals surface area contributed by atoms with Gasteiger partial charge in [-0.2, -0.15) is 18.2 Å². The molecule has 0 N–H and O–H groups in total. The van der Waals surface area contributed by atoms with E-state index in [-0.39, 0.29) is 36.4 Å². The van der Waals surface area contributed by atoms with Gasteiger partial charge in [0.1, 0.15) is 19.0 Å². The average molecular weight is 292 g/mol. The second kappa shape index (κ2) is 6.34. The van der Waals surface area contributed by atoms with E-state index >= 15 is 0 Å². The van der Waals surface area contributed by atoms with E-state index in [0.717, 1.165) is 25.7 Å². The molecule has 1 saturated carbocycles. The molecule has 0 spiro atoms. The summed E-state index contributed by atoms with van der Waals surface area (Å²) in [5.41, 5.74) is 0. The van der Waals surface area contributed by atoms with E-state index in [1.54, 1.807) is 0 Å². The second-order valence-electron chi connectivity index (χ2n) is 4.84. The van der Waals surface area contributed by atoms with Crippen molar-refractivity contribution in [2.45, 2.75) is 44.9 Å². The Balaban J connectivity index is 1.78. The van der Waals surface area contributed by atoms with E-state index < -0.39 is 12.8 Å². The monoisotopic (exact) mass is 292 g/mol. The number of nitrogens with zero attached hydrogens (tertiary/aromatic N) is 2. The maximum absolute atomic E-state index is 11.9.